The van der Waals surface area contributed by atoms with Crippen molar-refractivity contribution in [2.75, 3.05) is 18.5 Å². The number of benzene rings is 1. The number of amides is 1. The van der Waals surface area contributed by atoms with E-state index < -0.39 is 5.54 Å². The lowest BCUT2D eigenvalue weighted by Gasteiger charge is -2.30. The summed E-state index contributed by atoms with van der Waals surface area (Å²) in [5.41, 5.74) is 7.94. The lowest BCUT2D eigenvalue weighted by atomic mass is 9.92. The maximum atomic E-state index is 12.5. The molecule has 1 aromatic carbocycles. The Labute approximate surface area is 150 Å². The molecule has 4 rings (SSSR count). The van der Waals surface area contributed by atoms with Crippen LogP contribution in [0, 0.1) is 0 Å². The fourth-order valence-corrected chi connectivity index (χ4v) is 3.05. The molecule has 1 aliphatic heterocycles. The number of carbonyl (C=O) groups excluding carboxylic acids is 1. The number of anilines is 1. The summed E-state index contributed by atoms with van der Waals surface area (Å²) in [6, 6.07) is 13.2. The third-order valence-corrected chi connectivity index (χ3v) is 4.36. The van der Waals surface area contributed by atoms with Crippen molar-refractivity contribution in [1.29, 1.82) is 0 Å². The molecular formula is C19H19N5O2. The largest absolute Gasteiger partial charge is 0.386 e. The normalized spacial score (nSPS) is 20.0. The lowest BCUT2D eigenvalue weighted by molar-refractivity contribution is 0.102. The summed E-state index contributed by atoms with van der Waals surface area (Å²) in [7, 11) is 0. The van der Waals surface area contributed by atoms with Crippen molar-refractivity contribution in [2.45, 2.75) is 12.5 Å². The summed E-state index contributed by atoms with van der Waals surface area (Å²) in [6.45, 7) is 2.75. The number of carbonyl (C=O) groups is 1. The average Bonchev–Trinajstić information content (AvgIpc) is 3.06. The highest BCUT2D eigenvalue weighted by Crippen LogP contribution is 2.30. The standard InChI is InChI=1S/C19H19N5O2/c1-19(12-26-11-16(20)23-19)13-5-4-6-14(9-13)21-18(25)15-10-24-8-3-2-7-17(24)22-15/h2-10H,11-12H2,1H3,(H2,20,23)(H,21,25). The highest BCUT2D eigenvalue weighted by Gasteiger charge is 2.30. The number of pyridine rings is 1. The number of imidazole rings is 1. The van der Waals surface area contributed by atoms with Crippen LogP contribution in [-0.4, -0.2) is 34.3 Å². The second-order valence-corrected chi connectivity index (χ2v) is 6.50. The Hall–Kier alpha value is -3.19. The van der Waals surface area contributed by atoms with Crippen molar-refractivity contribution < 1.29 is 9.53 Å². The fourth-order valence-electron chi connectivity index (χ4n) is 3.05. The third kappa shape index (κ3) is 3.04. The molecule has 26 heavy (non-hydrogen) atoms. The average molecular weight is 349 g/mol. The Morgan fingerprint density at radius 3 is 3.00 bits per heavy atom. The number of hydrogen-bond donors (Lipinski definition) is 2. The van der Waals surface area contributed by atoms with E-state index in [4.69, 9.17) is 10.5 Å². The van der Waals surface area contributed by atoms with Gasteiger partial charge in [-0.1, -0.05) is 18.2 Å². The van der Waals surface area contributed by atoms with E-state index in [1.807, 2.05) is 60.0 Å². The fraction of sp³-hybridized carbons (Fsp3) is 0.211. The van der Waals surface area contributed by atoms with Gasteiger partial charge in [-0.3, -0.25) is 9.79 Å². The van der Waals surface area contributed by atoms with Crippen molar-refractivity contribution >= 4 is 23.1 Å². The molecule has 1 atom stereocenters. The highest BCUT2D eigenvalue weighted by atomic mass is 16.5. The van der Waals surface area contributed by atoms with E-state index in [0.717, 1.165) is 11.2 Å². The molecule has 2 aromatic heterocycles. The van der Waals surface area contributed by atoms with Crippen molar-refractivity contribution in [2.24, 2.45) is 10.7 Å². The minimum atomic E-state index is -0.563. The topological polar surface area (TPSA) is 94.0 Å². The molecule has 3 N–H and O–H groups in total. The number of fused-ring (bicyclic) bond motifs is 1. The smallest absolute Gasteiger partial charge is 0.275 e. The molecule has 1 aliphatic rings. The van der Waals surface area contributed by atoms with Crippen LogP contribution in [0.25, 0.3) is 5.65 Å². The first-order valence-corrected chi connectivity index (χ1v) is 8.31. The Morgan fingerprint density at radius 1 is 1.31 bits per heavy atom. The van der Waals surface area contributed by atoms with Gasteiger partial charge in [-0.15, -0.1) is 0 Å². The van der Waals surface area contributed by atoms with Gasteiger partial charge < -0.3 is 20.2 Å². The van der Waals surface area contributed by atoms with Gasteiger partial charge in [0, 0.05) is 18.1 Å². The summed E-state index contributed by atoms with van der Waals surface area (Å²) in [5, 5.41) is 2.89. The van der Waals surface area contributed by atoms with E-state index in [9.17, 15) is 4.79 Å². The molecular weight excluding hydrogens is 330 g/mol. The predicted molar refractivity (Wildman–Crippen MR) is 99.4 cm³/mol. The second-order valence-electron chi connectivity index (χ2n) is 6.50. The first-order valence-electron chi connectivity index (χ1n) is 8.31. The molecule has 0 bridgehead atoms. The van der Waals surface area contributed by atoms with E-state index in [2.05, 4.69) is 15.3 Å². The van der Waals surface area contributed by atoms with Crippen LogP contribution >= 0.6 is 0 Å². The zero-order chi connectivity index (χ0) is 18.1. The number of amidine groups is 1. The number of aliphatic imine (C=N–C) groups is 1. The van der Waals surface area contributed by atoms with Crippen LogP contribution < -0.4 is 11.1 Å². The molecule has 3 heterocycles. The predicted octanol–water partition coefficient (Wildman–Crippen LogP) is 2.19. The van der Waals surface area contributed by atoms with E-state index in [0.29, 0.717) is 30.4 Å². The summed E-state index contributed by atoms with van der Waals surface area (Å²) in [4.78, 5) is 21.4. The number of rotatable bonds is 3. The Kier molecular flexibility index (Phi) is 3.93. The number of nitrogens with one attached hydrogen (secondary N) is 1. The van der Waals surface area contributed by atoms with Crippen molar-refractivity contribution in [1.82, 2.24) is 9.38 Å². The Morgan fingerprint density at radius 2 is 2.19 bits per heavy atom. The van der Waals surface area contributed by atoms with E-state index >= 15 is 0 Å². The zero-order valence-electron chi connectivity index (χ0n) is 14.3. The van der Waals surface area contributed by atoms with Crippen LogP contribution in [0.3, 0.4) is 0 Å². The van der Waals surface area contributed by atoms with Gasteiger partial charge in [0.25, 0.3) is 5.91 Å². The molecule has 0 spiro atoms. The van der Waals surface area contributed by atoms with Crippen LogP contribution in [0.1, 0.15) is 23.0 Å². The molecule has 0 saturated heterocycles. The van der Waals surface area contributed by atoms with E-state index in [1.54, 1.807) is 6.20 Å². The van der Waals surface area contributed by atoms with Gasteiger partial charge in [0.15, 0.2) is 0 Å². The van der Waals surface area contributed by atoms with Gasteiger partial charge >= 0.3 is 0 Å². The maximum absolute atomic E-state index is 12.5. The first kappa shape index (κ1) is 16.3. The summed E-state index contributed by atoms with van der Waals surface area (Å²) in [5.74, 6) is 0.205. The highest BCUT2D eigenvalue weighted by molar-refractivity contribution is 6.03. The SMILES string of the molecule is CC1(c2cccc(NC(=O)c3cn4ccccc4n3)c2)COCC(N)=N1. The number of hydrogen-bond acceptors (Lipinski definition) is 5. The summed E-state index contributed by atoms with van der Waals surface area (Å²) in [6.07, 6.45) is 3.56. The maximum Gasteiger partial charge on any atom is 0.275 e. The molecule has 132 valence electrons. The van der Waals surface area contributed by atoms with Crippen molar-refractivity contribution in [3.63, 3.8) is 0 Å². The second kappa shape index (κ2) is 6.27. The summed E-state index contributed by atoms with van der Waals surface area (Å²) < 4.78 is 7.33. The van der Waals surface area contributed by atoms with Gasteiger partial charge in [0.05, 0.1) is 6.61 Å². The van der Waals surface area contributed by atoms with Gasteiger partial charge in [0.2, 0.25) is 0 Å². The Bertz CT molecular complexity index is 977. The van der Waals surface area contributed by atoms with Crippen molar-refractivity contribution in [3.05, 3.63) is 66.1 Å². The zero-order valence-corrected chi connectivity index (χ0v) is 14.3. The first-order chi connectivity index (χ1) is 12.5. The third-order valence-electron chi connectivity index (χ3n) is 4.36. The van der Waals surface area contributed by atoms with Gasteiger partial charge in [-0.05, 0) is 36.8 Å². The van der Waals surface area contributed by atoms with Crippen LogP contribution in [-0.2, 0) is 10.3 Å². The Balaban J connectivity index is 1.59. The van der Waals surface area contributed by atoms with Crippen LogP contribution in [0.5, 0.6) is 0 Å². The van der Waals surface area contributed by atoms with Crippen molar-refractivity contribution in [3.8, 4) is 0 Å². The van der Waals surface area contributed by atoms with Gasteiger partial charge in [-0.25, -0.2) is 4.98 Å². The van der Waals surface area contributed by atoms with Crippen LogP contribution in [0.4, 0.5) is 5.69 Å². The molecule has 7 heteroatoms. The van der Waals surface area contributed by atoms with Crippen LogP contribution in [0.15, 0.2) is 59.9 Å². The molecule has 1 amide bonds. The number of aromatic nitrogens is 2. The summed E-state index contributed by atoms with van der Waals surface area (Å²) >= 11 is 0. The number of nitrogens with two attached hydrogens (primary N) is 1. The van der Waals surface area contributed by atoms with Crippen LogP contribution in [0.2, 0.25) is 0 Å². The van der Waals surface area contributed by atoms with E-state index in [-0.39, 0.29) is 5.91 Å². The van der Waals surface area contributed by atoms with E-state index in [1.165, 1.54) is 0 Å². The van der Waals surface area contributed by atoms with Gasteiger partial charge in [-0.2, -0.15) is 0 Å². The van der Waals surface area contributed by atoms with Gasteiger partial charge in [0.1, 0.15) is 29.3 Å². The molecule has 1 unspecified atom stereocenters. The minimum Gasteiger partial charge on any atom is -0.386 e. The molecule has 0 aliphatic carbocycles. The molecule has 7 nitrogen and oxygen atoms in total. The quantitative estimate of drug-likeness (QED) is 0.758. The number of nitrogens with zero attached hydrogens (tertiary/aromatic N) is 3. The molecule has 0 saturated carbocycles. The molecule has 0 fully saturated rings. The monoisotopic (exact) mass is 349 g/mol. The molecule has 0 radical (unpaired) electrons. The molecule has 3 aromatic rings. The lowest BCUT2D eigenvalue weighted by Crippen LogP contribution is -2.37. The number of ether oxygens (including phenoxy) is 1. The minimum absolute atomic E-state index is 0.265.